The number of alkyl halides is 3. The number of thioether (sulfide) groups is 1. The van der Waals surface area contributed by atoms with Gasteiger partial charge in [0.25, 0.3) is 0 Å². The van der Waals surface area contributed by atoms with Crippen molar-refractivity contribution in [2.75, 3.05) is 12.3 Å². The molecule has 2 N–H and O–H groups in total. The number of nitrogens with zero attached hydrogens (tertiary/aromatic N) is 1. The van der Waals surface area contributed by atoms with E-state index in [0.717, 1.165) is 36.7 Å². The van der Waals surface area contributed by atoms with Crippen LogP contribution in [-0.4, -0.2) is 35.1 Å². The van der Waals surface area contributed by atoms with Crippen LogP contribution in [0, 0.1) is 0 Å². The normalized spacial score (nSPS) is 18.5. The van der Waals surface area contributed by atoms with Gasteiger partial charge in [0.05, 0.1) is 16.3 Å². The van der Waals surface area contributed by atoms with Crippen LogP contribution in [-0.2, 0) is 15.8 Å². The third kappa shape index (κ3) is 4.57. The van der Waals surface area contributed by atoms with Gasteiger partial charge in [-0.25, -0.2) is 0 Å². The fourth-order valence-electron chi connectivity index (χ4n) is 2.57. The first-order valence-corrected chi connectivity index (χ1v) is 8.65. The standard InChI is InChI=1S/C15H16ClF3N2O2S/c16-11-5-4-9(7-10(11)15(17,18)19)24-8-13(22)21-6-2-1-3-12(21)14(20)23/h4-5,7,12H,1-3,6,8H2,(H2,20,23)/t12-/m1/s1. The molecule has 1 saturated heterocycles. The number of rotatable bonds is 4. The summed E-state index contributed by atoms with van der Waals surface area (Å²) in [5.41, 5.74) is 4.37. The maximum absolute atomic E-state index is 12.8. The second kappa shape index (κ2) is 7.65. The summed E-state index contributed by atoms with van der Waals surface area (Å²) in [4.78, 5) is 25.4. The van der Waals surface area contributed by atoms with Crippen molar-refractivity contribution in [3.63, 3.8) is 0 Å². The molecule has 24 heavy (non-hydrogen) atoms. The van der Waals surface area contributed by atoms with Gasteiger partial charge in [-0.15, -0.1) is 11.8 Å². The first-order chi connectivity index (χ1) is 11.2. The highest BCUT2D eigenvalue weighted by Gasteiger charge is 2.34. The van der Waals surface area contributed by atoms with Crippen LogP contribution < -0.4 is 5.73 Å². The Balaban J connectivity index is 2.05. The van der Waals surface area contributed by atoms with E-state index in [0.29, 0.717) is 13.0 Å². The van der Waals surface area contributed by atoms with Crippen molar-refractivity contribution in [1.82, 2.24) is 4.90 Å². The summed E-state index contributed by atoms with van der Waals surface area (Å²) < 4.78 is 38.5. The molecule has 132 valence electrons. The zero-order valence-electron chi connectivity index (χ0n) is 12.6. The van der Waals surface area contributed by atoms with E-state index in [1.54, 1.807) is 0 Å². The van der Waals surface area contributed by atoms with E-state index in [1.165, 1.54) is 11.0 Å². The molecule has 2 rings (SSSR count). The Labute approximate surface area is 146 Å². The monoisotopic (exact) mass is 380 g/mol. The molecule has 9 heteroatoms. The summed E-state index contributed by atoms with van der Waals surface area (Å²) in [7, 11) is 0. The summed E-state index contributed by atoms with van der Waals surface area (Å²) in [6, 6.07) is 2.87. The molecule has 1 aliphatic heterocycles. The van der Waals surface area contributed by atoms with Crippen LogP contribution in [0.1, 0.15) is 24.8 Å². The van der Waals surface area contributed by atoms with E-state index in [2.05, 4.69) is 0 Å². The molecule has 0 aliphatic carbocycles. The minimum absolute atomic E-state index is 0.0668. The maximum atomic E-state index is 12.8. The van der Waals surface area contributed by atoms with E-state index < -0.39 is 23.7 Å². The van der Waals surface area contributed by atoms with Gasteiger partial charge >= 0.3 is 6.18 Å². The number of piperidine rings is 1. The second-order valence-corrected chi connectivity index (χ2v) is 6.89. The SMILES string of the molecule is NC(=O)[C@H]1CCCCN1C(=O)CSc1ccc(Cl)c(C(F)(F)F)c1. The minimum Gasteiger partial charge on any atom is -0.368 e. The summed E-state index contributed by atoms with van der Waals surface area (Å²) in [5, 5.41) is -0.386. The number of hydrogen-bond donors (Lipinski definition) is 1. The van der Waals surface area contributed by atoms with Crippen molar-refractivity contribution in [2.45, 2.75) is 36.4 Å². The van der Waals surface area contributed by atoms with Gasteiger partial charge in [0.15, 0.2) is 0 Å². The number of nitrogens with two attached hydrogens (primary N) is 1. The smallest absolute Gasteiger partial charge is 0.368 e. The number of carbonyl (C=O) groups excluding carboxylic acids is 2. The predicted molar refractivity (Wildman–Crippen MR) is 85.7 cm³/mol. The Bertz CT molecular complexity index is 640. The van der Waals surface area contributed by atoms with Crippen molar-refractivity contribution in [3.8, 4) is 0 Å². The molecule has 4 nitrogen and oxygen atoms in total. The summed E-state index contributed by atoms with van der Waals surface area (Å²) >= 11 is 6.54. The number of hydrogen-bond acceptors (Lipinski definition) is 3. The summed E-state index contributed by atoms with van der Waals surface area (Å²) in [6.07, 6.45) is -2.44. The zero-order valence-corrected chi connectivity index (χ0v) is 14.2. The highest BCUT2D eigenvalue weighted by atomic mass is 35.5. The molecule has 0 aromatic heterocycles. The van der Waals surface area contributed by atoms with Crippen LogP contribution in [0.2, 0.25) is 5.02 Å². The van der Waals surface area contributed by atoms with Crippen molar-refractivity contribution in [3.05, 3.63) is 28.8 Å². The molecule has 1 aromatic carbocycles. The van der Waals surface area contributed by atoms with Gasteiger partial charge in [0, 0.05) is 11.4 Å². The number of likely N-dealkylation sites (tertiary alicyclic amines) is 1. The molecular formula is C15H16ClF3N2O2S. The van der Waals surface area contributed by atoms with E-state index in [9.17, 15) is 22.8 Å². The number of halogens is 4. The highest BCUT2D eigenvalue weighted by molar-refractivity contribution is 8.00. The number of carbonyl (C=O) groups is 2. The maximum Gasteiger partial charge on any atom is 0.417 e. The van der Waals surface area contributed by atoms with Gasteiger partial charge in [-0.05, 0) is 37.5 Å². The van der Waals surface area contributed by atoms with Gasteiger partial charge < -0.3 is 10.6 Å². The molecule has 1 aromatic rings. The van der Waals surface area contributed by atoms with Crippen LogP contribution in [0.25, 0.3) is 0 Å². The Morgan fingerprint density at radius 1 is 1.33 bits per heavy atom. The number of primary amides is 1. The second-order valence-electron chi connectivity index (χ2n) is 5.43. The molecule has 1 fully saturated rings. The Morgan fingerprint density at radius 3 is 2.67 bits per heavy atom. The topological polar surface area (TPSA) is 63.4 Å². The third-order valence-electron chi connectivity index (χ3n) is 3.76. The lowest BCUT2D eigenvalue weighted by atomic mass is 10.0. The first-order valence-electron chi connectivity index (χ1n) is 7.28. The lowest BCUT2D eigenvalue weighted by molar-refractivity contribution is -0.138. The molecule has 1 aliphatic rings. The lowest BCUT2D eigenvalue weighted by Crippen LogP contribution is -2.51. The van der Waals surface area contributed by atoms with Gasteiger partial charge in [-0.1, -0.05) is 11.6 Å². The van der Waals surface area contributed by atoms with Crippen LogP contribution in [0.5, 0.6) is 0 Å². The first kappa shape index (κ1) is 18.9. The largest absolute Gasteiger partial charge is 0.417 e. The molecule has 1 atom stereocenters. The van der Waals surface area contributed by atoms with Crippen LogP contribution in [0.15, 0.2) is 23.1 Å². The Kier molecular flexibility index (Phi) is 6.03. The molecule has 0 bridgehead atoms. The average Bonchev–Trinajstić information content (AvgIpc) is 2.52. The third-order valence-corrected chi connectivity index (χ3v) is 5.07. The average molecular weight is 381 g/mol. The quantitative estimate of drug-likeness (QED) is 0.815. The molecule has 2 amide bonds. The van der Waals surface area contributed by atoms with Crippen molar-refractivity contribution >= 4 is 35.2 Å². The summed E-state index contributed by atoms with van der Waals surface area (Å²) in [6.45, 7) is 0.432. The molecule has 0 saturated carbocycles. The van der Waals surface area contributed by atoms with Gasteiger partial charge in [-0.3, -0.25) is 9.59 Å². The molecular weight excluding hydrogens is 365 g/mol. The summed E-state index contributed by atoms with van der Waals surface area (Å²) in [5.74, 6) is -0.936. The number of benzene rings is 1. The Hall–Kier alpha value is -1.41. The predicted octanol–water partition coefficient (Wildman–Crippen LogP) is 3.32. The van der Waals surface area contributed by atoms with Crippen LogP contribution in [0.4, 0.5) is 13.2 Å². The van der Waals surface area contributed by atoms with Gasteiger partial charge in [0.1, 0.15) is 6.04 Å². The van der Waals surface area contributed by atoms with Gasteiger partial charge in [0.2, 0.25) is 11.8 Å². The highest BCUT2D eigenvalue weighted by Crippen LogP contribution is 2.37. The number of amides is 2. The van der Waals surface area contributed by atoms with Gasteiger partial charge in [-0.2, -0.15) is 13.2 Å². The van der Waals surface area contributed by atoms with E-state index in [-0.39, 0.29) is 21.6 Å². The minimum atomic E-state index is -4.55. The zero-order chi connectivity index (χ0) is 17.9. The Morgan fingerprint density at radius 2 is 2.04 bits per heavy atom. The molecule has 0 spiro atoms. The van der Waals surface area contributed by atoms with E-state index in [4.69, 9.17) is 17.3 Å². The molecule has 0 unspecified atom stereocenters. The fraction of sp³-hybridized carbons (Fsp3) is 0.467. The van der Waals surface area contributed by atoms with Crippen molar-refractivity contribution in [2.24, 2.45) is 5.73 Å². The fourth-order valence-corrected chi connectivity index (χ4v) is 3.61. The van der Waals surface area contributed by atoms with E-state index >= 15 is 0 Å². The molecule has 1 heterocycles. The van der Waals surface area contributed by atoms with Crippen molar-refractivity contribution < 1.29 is 22.8 Å². The van der Waals surface area contributed by atoms with E-state index in [1.807, 2.05) is 0 Å². The lowest BCUT2D eigenvalue weighted by Gasteiger charge is -2.33. The molecule has 0 radical (unpaired) electrons. The van der Waals surface area contributed by atoms with Crippen LogP contribution >= 0.6 is 23.4 Å². The van der Waals surface area contributed by atoms with Crippen LogP contribution in [0.3, 0.4) is 0 Å². The van der Waals surface area contributed by atoms with Crippen molar-refractivity contribution in [1.29, 1.82) is 0 Å².